The van der Waals surface area contributed by atoms with Crippen molar-refractivity contribution >= 4 is 5.82 Å². The van der Waals surface area contributed by atoms with Crippen molar-refractivity contribution in [1.82, 2.24) is 9.97 Å². The highest BCUT2D eigenvalue weighted by molar-refractivity contribution is 5.66. The minimum atomic E-state index is -0.166. The lowest BCUT2D eigenvalue weighted by molar-refractivity contribution is 0.355. The first-order valence-corrected chi connectivity index (χ1v) is 6.72. The Labute approximate surface area is 125 Å². The van der Waals surface area contributed by atoms with Gasteiger partial charge in [0.2, 0.25) is 0 Å². The first-order chi connectivity index (χ1) is 9.85. The molecular formula is C16H21N3O2. The lowest BCUT2D eigenvalue weighted by Gasteiger charge is -2.18. The molecule has 112 valence electrons. The largest absolute Gasteiger partial charge is 0.493 e. The molecule has 0 fully saturated rings. The van der Waals surface area contributed by atoms with Gasteiger partial charge in [-0.3, -0.25) is 0 Å². The Morgan fingerprint density at radius 2 is 1.62 bits per heavy atom. The highest BCUT2D eigenvalue weighted by Gasteiger charge is 2.19. The molecule has 1 aromatic carbocycles. The van der Waals surface area contributed by atoms with Crippen LogP contribution in [0.15, 0.2) is 24.3 Å². The SMILES string of the molecule is COc1ccc(-c2cc(N)nc(C(C)(C)C)n2)cc1OC. The minimum Gasteiger partial charge on any atom is -0.493 e. The van der Waals surface area contributed by atoms with Gasteiger partial charge in [0.1, 0.15) is 11.6 Å². The van der Waals surface area contributed by atoms with Crippen molar-refractivity contribution < 1.29 is 9.47 Å². The van der Waals surface area contributed by atoms with Crippen LogP contribution in [0, 0.1) is 0 Å². The van der Waals surface area contributed by atoms with Crippen LogP contribution in [-0.4, -0.2) is 24.2 Å². The fraction of sp³-hybridized carbons (Fsp3) is 0.375. The van der Waals surface area contributed by atoms with E-state index in [-0.39, 0.29) is 5.41 Å². The zero-order chi connectivity index (χ0) is 15.6. The first kappa shape index (κ1) is 15.1. The van der Waals surface area contributed by atoms with Crippen LogP contribution >= 0.6 is 0 Å². The van der Waals surface area contributed by atoms with Crippen LogP contribution in [0.25, 0.3) is 11.3 Å². The van der Waals surface area contributed by atoms with Gasteiger partial charge in [0.05, 0.1) is 19.9 Å². The lowest BCUT2D eigenvalue weighted by Crippen LogP contribution is -2.17. The second-order valence-electron chi connectivity index (χ2n) is 5.82. The summed E-state index contributed by atoms with van der Waals surface area (Å²) in [6, 6.07) is 7.42. The van der Waals surface area contributed by atoms with Crippen LogP contribution < -0.4 is 15.2 Å². The molecule has 0 amide bonds. The van der Waals surface area contributed by atoms with E-state index < -0.39 is 0 Å². The number of hydrogen-bond acceptors (Lipinski definition) is 5. The predicted molar refractivity (Wildman–Crippen MR) is 83.7 cm³/mol. The van der Waals surface area contributed by atoms with Crippen LogP contribution in [0.1, 0.15) is 26.6 Å². The molecule has 0 aliphatic rings. The molecule has 0 aliphatic heterocycles. The quantitative estimate of drug-likeness (QED) is 0.939. The average Bonchev–Trinajstić information content (AvgIpc) is 2.45. The Kier molecular flexibility index (Phi) is 4.02. The van der Waals surface area contributed by atoms with E-state index in [1.807, 2.05) is 18.2 Å². The molecule has 21 heavy (non-hydrogen) atoms. The number of aromatic nitrogens is 2. The third kappa shape index (κ3) is 3.24. The second kappa shape index (κ2) is 5.60. The maximum atomic E-state index is 5.91. The van der Waals surface area contributed by atoms with E-state index in [1.165, 1.54) is 0 Å². The molecule has 0 radical (unpaired) electrons. The van der Waals surface area contributed by atoms with Crippen LogP contribution in [-0.2, 0) is 5.41 Å². The number of nitrogens with zero attached hydrogens (tertiary/aromatic N) is 2. The highest BCUT2D eigenvalue weighted by atomic mass is 16.5. The number of ether oxygens (including phenoxy) is 2. The van der Waals surface area contributed by atoms with Gasteiger partial charge in [0.15, 0.2) is 11.5 Å². The lowest BCUT2D eigenvalue weighted by atomic mass is 9.95. The maximum absolute atomic E-state index is 5.91. The van der Waals surface area contributed by atoms with Gasteiger partial charge in [-0.2, -0.15) is 0 Å². The molecule has 2 aromatic rings. The summed E-state index contributed by atoms with van der Waals surface area (Å²) in [6.45, 7) is 6.17. The van der Waals surface area contributed by atoms with E-state index in [2.05, 4.69) is 30.7 Å². The topological polar surface area (TPSA) is 70.3 Å². The molecular weight excluding hydrogens is 266 g/mol. The third-order valence-corrected chi connectivity index (χ3v) is 3.10. The zero-order valence-electron chi connectivity index (χ0n) is 13.1. The molecule has 0 spiro atoms. The average molecular weight is 287 g/mol. The van der Waals surface area contributed by atoms with Gasteiger partial charge >= 0.3 is 0 Å². The maximum Gasteiger partial charge on any atom is 0.161 e. The Morgan fingerprint density at radius 1 is 0.952 bits per heavy atom. The van der Waals surface area contributed by atoms with Crippen molar-refractivity contribution in [3.05, 3.63) is 30.1 Å². The molecule has 0 saturated heterocycles. The molecule has 0 aliphatic carbocycles. The summed E-state index contributed by atoms with van der Waals surface area (Å²) in [5.74, 6) is 2.51. The van der Waals surface area contributed by atoms with E-state index in [0.717, 1.165) is 11.3 Å². The summed E-state index contributed by atoms with van der Waals surface area (Å²) in [6.07, 6.45) is 0. The zero-order valence-corrected chi connectivity index (χ0v) is 13.1. The Morgan fingerprint density at radius 3 is 2.19 bits per heavy atom. The van der Waals surface area contributed by atoms with Crippen LogP contribution in [0.2, 0.25) is 0 Å². The molecule has 0 atom stereocenters. The molecule has 0 bridgehead atoms. The molecule has 1 aromatic heterocycles. The summed E-state index contributed by atoms with van der Waals surface area (Å²) >= 11 is 0. The van der Waals surface area contributed by atoms with Crippen molar-refractivity contribution in [3.8, 4) is 22.8 Å². The van der Waals surface area contributed by atoms with Crippen molar-refractivity contribution in [2.24, 2.45) is 0 Å². The number of rotatable bonds is 3. The van der Waals surface area contributed by atoms with Gasteiger partial charge in [-0.15, -0.1) is 0 Å². The van der Waals surface area contributed by atoms with E-state index in [4.69, 9.17) is 15.2 Å². The molecule has 1 heterocycles. The Balaban J connectivity index is 2.54. The molecule has 5 nitrogen and oxygen atoms in total. The molecule has 2 rings (SSSR count). The monoisotopic (exact) mass is 287 g/mol. The van der Waals surface area contributed by atoms with Gasteiger partial charge in [-0.1, -0.05) is 20.8 Å². The number of nitrogens with two attached hydrogens (primary N) is 1. The van der Waals surface area contributed by atoms with E-state index >= 15 is 0 Å². The third-order valence-electron chi connectivity index (χ3n) is 3.10. The number of benzene rings is 1. The number of nitrogen functional groups attached to an aromatic ring is 1. The van der Waals surface area contributed by atoms with Crippen LogP contribution in [0.4, 0.5) is 5.82 Å². The van der Waals surface area contributed by atoms with Gasteiger partial charge < -0.3 is 15.2 Å². The van der Waals surface area contributed by atoms with Crippen LogP contribution in [0.5, 0.6) is 11.5 Å². The van der Waals surface area contributed by atoms with Crippen LogP contribution in [0.3, 0.4) is 0 Å². The summed E-state index contributed by atoms with van der Waals surface area (Å²) in [5.41, 5.74) is 7.43. The van der Waals surface area contributed by atoms with Crippen molar-refractivity contribution in [3.63, 3.8) is 0 Å². The molecule has 0 unspecified atom stereocenters. The standard InChI is InChI=1S/C16H21N3O2/c1-16(2,3)15-18-11(9-14(17)19-15)10-6-7-12(20-4)13(8-10)21-5/h6-9H,1-5H3,(H2,17,18,19). The number of anilines is 1. The fourth-order valence-electron chi connectivity index (χ4n) is 1.94. The minimum absolute atomic E-state index is 0.166. The van der Waals surface area contributed by atoms with E-state index in [0.29, 0.717) is 23.1 Å². The number of methoxy groups -OCH3 is 2. The van der Waals surface area contributed by atoms with Crippen molar-refractivity contribution in [2.45, 2.75) is 26.2 Å². The fourth-order valence-corrected chi connectivity index (χ4v) is 1.94. The summed E-state index contributed by atoms with van der Waals surface area (Å²) in [5, 5.41) is 0. The van der Waals surface area contributed by atoms with E-state index in [1.54, 1.807) is 20.3 Å². The van der Waals surface area contributed by atoms with Gasteiger partial charge in [-0.25, -0.2) is 9.97 Å². The highest BCUT2D eigenvalue weighted by Crippen LogP contribution is 2.32. The van der Waals surface area contributed by atoms with Gasteiger partial charge in [0.25, 0.3) is 0 Å². The van der Waals surface area contributed by atoms with Crippen molar-refractivity contribution in [1.29, 1.82) is 0 Å². The van der Waals surface area contributed by atoms with Crippen molar-refractivity contribution in [2.75, 3.05) is 20.0 Å². The summed E-state index contributed by atoms with van der Waals surface area (Å²) in [4.78, 5) is 8.94. The number of hydrogen-bond donors (Lipinski definition) is 1. The molecule has 5 heteroatoms. The van der Waals surface area contributed by atoms with Gasteiger partial charge in [-0.05, 0) is 18.2 Å². The molecule has 2 N–H and O–H groups in total. The second-order valence-corrected chi connectivity index (χ2v) is 5.82. The summed E-state index contributed by atoms with van der Waals surface area (Å²) < 4.78 is 10.6. The van der Waals surface area contributed by atoms with E-state index in [9.17, 15) is 0 Å². The Hall–Kier alpha value is -2.30. The first-order valence-electron chi connectivity index (χ1n) is 6.72. The normalized spacial score (nSPS) is 11.3. The summed E-state index contributed by atoms with van der Waals surface area (Å²) in [7, 11) is 3.22. The Bertz CT molecular complexity index is 648. The predicted octanol–water partition coefficient (Wildman–Crippen LogP) is 3.04. The smallest absolute Gasteiger partial charge is 0.161 e. The molecule has 0 saturated carbocycles. The van der Waals surface area contributed by atoms with Gasteiger partial charge in [0, 0.05) is 17.0 Å².